The zero-order chi connectivity index (χ0) is 12.9. The molecule has 2 nitrogen and oxygen atoms in total. The Morgan fingerprint density at radius 3 is 1.71 bits per heavy atom. The summed E-state index contributed by atoms with van der Waals surface area (Å²) >= 11 is 3.43. The summed E-state index contributed by atoms with van der Waals surface area (Å²) in [6, 6.07) is 0. The van der Waals surface area contributed by atoms with Crippen LogP contribution in [-0.4, -0.2) is 11.3 Å². The molecule has 0 aliphatic carbocycles. The summed E-state index contributed by atoms with van der Waals surface area (Å²) in [5, 5.41) is 11.5. The van der Waals surface area contributed by atoms with Gasteiger partial charge in [0.25, 0.3) is 0 Å². The molecule has 0 radical (unpaired) electrons. The molecule has 0 heterocycles. The van der Waals surface area contributed by atoms with Gasteiger partial charge in [0.2, 0.25) is 0 Å². The van der Waals surface area contributed by atoms with Gasteiger partial charge in [0.1, 0.15) is 0 Å². The first kappa shape index (κ1) is 16.7. The summed E-state index contributed by atoms with van der Waals surface area (Å²) < 4.78 is 0. The van der Waals surface area contributed by atoms with Crippen molar-refractivity contribution < 1.29 is 9.90 Å². The Hall–Kier alpha value is -0.310. The SMILES string of the molecule is C=C(CCCCCCCCCCCBr)C(=O)[O-]. The Morgan fingerprint density at radius 1 is 0.882 bits per heavy atom. The molecule has 0 atom stereocenters. The summed E-state index contributed by atoms with van der Waals surface area (Å²) in [4.78, 5) is 10.4. The van der Waals surface area contributed by atoms with Gasteiger partial charge in [0.05, 0.1) is 5.97 Å². The molecule has 0 aromatic carbocycles. The zero-order valence-corrected chi connectivity index (χ0v) is 12.3. The molecule has 0 rings (SSSR count). The Kier molecular flexibility index (Phi) is 11.9. The second-order valence-corrected chi connectivity index (χ2v) is 5.30. The normalized spacial score (nSPS) is 10.4. The fourth-order valence-electron chi connectivity index (χ4n) is 1.77. The lowest BCUT2D eigenvalue weighted by atomic mass is 10.0. The van der Waals surface area contributed by atoms with Crippen LogP contribution >= 0.6 is 15.9 Å². The summed E-state index contributed by atoms with van der Waals surface area (Å²) in [5.41, 5.74) is 0.236. The van der Waals surface area contributed by atoms with E-state index in [1.165, 1.54) is 44.9 Å². The lowest BCUT2D eigenvalue weighted by Crippen LogP contribution is -2.23. The number of halogens is 1. The van der Waals surface area contributed by atoms with Crippen LogP contribution in [0.25, 0.3) is 0 Å². The smallest absolute Gasteiger partial charge is 0.0668 e. The van der Waals surface area contributed by atoms with Crippen molar-refractivity contribution in [3.63, 3.8) is 0 Å². The van der Waals surface area contributed by atoms with Gasteiger partial charge in [-0.1, -0.05) is 67.5 Å². The second-order valence-electron chi connectivity index (χ2n) is 4.51. The van der Waals surface area contributed by atoms with Crippen molar-refractivity contribution in [2.75, 3.05) is 5.33 Å². The topological polar surface area (TPSA) is 40.1 Å². The van der Waals surface area contributed by atoms with Gasteiger partial charge in [0.15, 0.2) is 0 Å². The Morgan fingerprint density at radius 2 is 1.29 bits per heavy atom. The third kappa shape index (κ3) is 11.9. The van der Waals surface area contributed by atoms with Crippen LogP contribution in [0.4, 0.5) is 0 Å². The van der Waals surface area contributed by atoms with Crippen molar-refractivity contribution >= 4 is 21.9 Å². The van der Waals surface area contributed by atoms with Crippen LogP contribution in [0, 0.1) is 0 Å². The van der Waals surface area contributed by atoms with E-state index in [2.05, 4.69) is 22.5 Å². The number of rotatable bonds is 12. The average Bonchev–Trinajstić information content (AvgIpc) is 2.31. The standard InChI is InChI=1S/C14H25BrO2/c1-13(14(16)17)11-9-7-5-3-2-4-6-8-10-12-15/h1-12H2,(H,16,17)/p-1. The van der Waals surface area contributed by atoms with Gasteiger partial charge in [-0.25, -0.2) is 0 Å². The quantitative estimate of drug-likeness (QED) is 0.314. The number of carbonyl (C=O) groups is 1. The first-order valence-corrected chi connectivity index (χ1v) is 7.75. The molecule has 0 amide bonds. The fraction of sp³-hybridized carbons (Fsp3) is 0.786. The molecule has 0 aliphatic heterocycles. The molecule has 0 N–H and O–H groups in total. The maximum atomic E-state index is 10.4. The minimum absolute atomic E-state index is 0.236. The summed E-state index contributed by atoms with van der Waals surface area (Å²) in [5.74, 6) is -1.10. The van der Waals surface area contributed by atoms with E-state index in [4.69, 9.17) is 0 Å². The highest BCUT2D eigenvalue weighted by Gasteiger charge is 1.96. The molecule has 0 saturated carbocycles. The summed E-state index contributed by atoms with van der Waals surface area (Å²) in [6.07, 6.45) is 11.7. The highest BCUT2D eigenvalue weighted by Crippen LogP contribution is 2.12. The van der Waals surface area contributed by atoms with Gasteiger partial charge in [-0.2, -0.15) is 0 Å². The van der Waals surface area contributed by atoms with Crippen molar-refractivity contribution in [3.05, 3.63) is 12.2 Å². The van der Waals surface area contributed by atoms with Crippen LogP contribution in [0.3, 0.4) is 0 Å². The van der Waals surface area contributed by atoms with Gasteiger partial charge in [-0.3, -0.25) is 0 Å². The summed E-state index contributed by atoms with van der Waals surface area (Å²) in [6.45, 7) is 3.46. The van der Waals surface area contributed by atoms with E-state index in [0.29, 0.717) is 6.42 Å². The zero-order valence-electron chi connectivity index (χ0n) is 10.7. The molecule has 0 spiro atoms. The maximum Gasteiger partial charge on any atom is 0.0668 e. The molecule has 0 unspecified atom stereocenters. The molecular formula is C14H24BrO2-. The monoisotopic (exact) mass is 303 g/mol. The van der Waals surface area contributed by atoms with Crippen LogP contribution < -0.4 is 5.11 Å². The fourth-order valence-corrected chi connectivity index (χ4v) is 2.17. The molecule has 100 valence electrons. The van der Waals surface area contributed by atoms with E-state index >= 15 is 0 Å². The maximum absolute atomic E-state index is 10.4. The molecular weight excluding hydrogens is 280 g/mol. The molecule has 0 saturated heterocycles. The minimum Gasteiger partial charge on any atom is -0.545 e. The van der Waals surface area contributed by atoms with Crippen molar-refractivity contribution in [3.8, 4) is 0 Å². The molecule has 0 aromatic rings. The Balaban J connectivity index is 3.08. The number of aliphatic carboxylic acids is 1. The number of carboxylic acid groups (broad SMARTS) is 1. The number of hydrogen-bond donors (Lipinski definition) is 0. The number of carboxylic acids is 1. The van der Waals surface area contributed by atoms with Crippen LogP contribution in [0.5, 0.6) is 0 Å². The second kappa shape index (κ2) is 12.2. The van der Waals surface area contributed by atoms with Crippen LogP contribution in [0.2, 0.25) is 0 Å². The van der Waals surface area contributed by atoms with Gasteiger partial charge < -0.3 is 9.90 Å². The van der Waals surface area contributed by atoms with E-state index in [-0.39, 0.29) is 5.57 Å². The van der Waals surface area contributed by atoms with Gasteiger partial charge in [0, 0.05) is 5.33 Å². The minimum atomic E-state index is -1.10. The number of carbonyl (C=O) groups excluding carboxylic acids is 1. The highest BCUT2D eigenvalue weighted by atomic mass is 79.9. The molecule has 3 heteroatoms. The third-order valence-electron chi connectivity index (χ3n) is 2.90. The molecule has 17 heavy (non-hydrogen) atoms. The van der Waals surface area contributed by atoms with E-state index in [1.807, 2.05) is 0 Å². The van der Waals surface area contributed by atoms with Gasteiger partial charge in [-0.05, 0) is 24.8 Å². The summed E-state index contributed by atoms with van der Waals surface area (Å²) in [7, 11) is 0. The van der Waals surface area contributed by atoms with E-state index in [9.17, 15) is 9.90 Å². The Labute approximate surface area is 114 Å². The molecule has 0 aliphatic rings. The largest absolute Gasteiger partial charge is 0.545 e. The number of unbranched alkanes of at least 4 members (excludes halogenated alkanes) is 8. The van der Waals surface area contributed by atoms with Gasteiger partial charge in [-0.15, -0.1) is 0 Å². The van der Waals surface area contributed by atoms with Crippen molar-refractivity contribution in [1.82, 2.24) is 0 Å². The predicted molar refractivity (Wildman–Crippen MR) is 74.1 cm³/mol. The molecule has 0 aromatic heterocycles. The lowest BCUT2D eigenvalue weighted by molar-refractivity contribution is -0.299. The lowest BCUT2D eigenvalue weighted by Gasteiger charge is -2.06. The number of alkyl halides is 1. The Bertz CT molecular complexity index is 214. The highest BCUT2D eigenvalue weighted by molar-refractivity contribution is 9.09. The van der Waals surface area contributed by atoms with Crippen molar-refractivity contribution in [2.45, 2.75) is 64.2 Å². The van der Waals surface area contributed by atoms with Crippen molar-refractivity contribution in [1.29, 1.82) is 0 Å². The van der Waals surface area contributed by atoms with Crippen LogP contribution in [0.1, 0.15) is 64.2 Å². The van der Waals surface area contributed by atoms with Gasteiger partial charge >= 0.3 is 0 Å². The number of hydrogen-bond acceptors (Lipinski definition) is 2. The average molecular weight is 304 g/mol. The van der Waals surface area contributed by atoms with Crippen LogP contribution in [-0.2, 0) is 4.79 Å². The molecule has 0 bridgehead atoms. The molecule has 0 fully saturated rings. The first-order valence-electron chi connectivity index (χ1n) is 6.63. The van der Waals surface area contributed by atoms with E-state index in [0.717, 1.165) is 18.2 Å². The third-order valence-corrected chi connectivity index (χ3v) is 3.46. The van der Waals surface area contributed by atoms with Crippen LogP contribution in [0.15, 0.2) is 12.2 Å². The predicted octanol–water partition coefficient (Wildman–Crippen LogP) is 3.59. The van der Waals surface area contributed by atoms with Crippen molar-refractivity contribution in [2.24, 2.45) is 0 Å². The van der Waals surface area contributed by atoms with E-state index < -0.39 is 5.97 Å². The van der Waals surface area contributed by atoms with E-state index in [1.54, 1.807) is 0 Å². The first-order chi connectivity index (χ1) is 8.18.